The van der Waals surface area contributed by atoms with Crippen LogP contribution in [0.2, 0.25) is 0 Å². The predicted molar refractivity (Wildman–Crippen MR) is 106 cm³/mol. The van der Waals surface area contributed by atoms with Crippen LogP contribution in [-0.4, -0.2) is 60.6 Å². The Morgan fingerprint density at radius 1 is 1.18 bits per heavy atom. The van der Waals surface area contributed by atoms with E-state index in [4.69, 9.17) is 9.47 Å². The lowest BCUT2D eigenvalue weighted by Crippen LogP contribution is -2.42. The third-order valence-corrected chi connectivity index (χ3v) is 5.58. The monoisotopic (exact) mass is 381 g/mol. The topological polar surface area (TPSA) is 54.9 Å². The summed E-state index contributed by atoms with van der Waals surface area (Å²) in [6.07, 6.45) is 5.37. The van der Waals surface area contributed by atoms with E-state index in [1.54, 1.807) is 7.11 Å². The van der Waals surface area contributed by atoms with E-state index in [0.717, 1.165) is 56.2 Å². The van der Waals surface area contributed by atoms with Crippen molar-refractivity contribution in [3.8, 4) is 11.5 Å². The van der Waals surface area contributed by atoms with E-state index in [2.05, 4.69) is 22.0 Å². The number of benzene rings is 1. The van der Waals surface area contributed by atoms with Crippen molar-refractivity contribution in [1.82, 2.24) is 14.8 Å². The van der Waals surface area contributed by atoms with Crippen LogP contribution in [0.1, 0.15) is 17.5 Å². The Morgan fingerprint density at radius 2 is 2.04 bits per heavy atom. The molecule has 3 heterocycles. The lowest BCUT2D eigenvalue weighted by Gasteiger charge is -2.30. The van der Waals surface area contributed by atoms with Crippen LogP contribution >= 0.6 is 0 Å². The fourth-order valence-corrected chi connectivity index (χ4v) is 4.07. The summed E-state index contributed by atoms with van der Waals surface area (Å²) in [5.74, 6) is 1.61. The van der Waals surface area contributed by atoms with Gasteiger partial charge in [-0.05, 0) is 42.2 Å². The van der Waals surface area contributed by atoms with Crippen LogP contribution in [0.15, 0.2) is 42.7 Å². The fourth-order valence-electron chi connectivity index (χ4n) is 4.07. The maximum atomic E-state index is 13.1. The van der Waals surface area contributed by atoms with E-state index in [0.29, 0.717) is 13.0 Å². The molecular formula is C22H27N3O3. The van der Waals surface area contributed by atoms with Gasteiger partial charge < -0.3 is 14.4 Å². The summed E-state index contributed by atoms with van der Waals surface area (Å²) in [5, 5.41) is 0. The Morgan fingerprint density at radius 3 is 2.86 bits per heavy atom. The smallest absolute Gasteiger partial charge is 0.229 e. The van der Waals surface area contributed by atoms with E-state index in [-0.39, 0.29) is 11.8 Å². The van der Waals surface area contributed by atoms with E-state index < -0.39 is 0 Å². The number of carbonyl (C=O) groups is 1. The Hall–Kier alpha value is -2.60. The zero-order valence-electron chi connectivity index (χ0n) is 16.3. The van der Waals surface area contributed by atoms with Crippen LogP contribution in [0.3, 0.4) is 0 Å². The third kappa shape index (κ3) is 4.12. The average Bonchev–Trinajstić information content (AvgIpc) is 2.98. The molecule has 2 aromatic rings. The van der Waals surface area contributed by atoms with Crippen molar-refractivity contribution in [2.45, 2.75) is 19.4 Å². The molecule has 0 radical (unpaired) electrons. The number of fused-ring (bicyclic) bond motifs is 1. The van der Waals surface area contributed by atoms with Gasteiger partial charge in [-0.25, -0.2) is 0 Å². The van der Waals surface area contributed by atoms with Gasteiger partial charge in [0.1, 0.15) is 6.61 Å². The summed E-state index contributed by atoms with van der Waals surface area (Å²) in [6, 6.07) is 9.98. The second-order valence-corrected chi connectivity index (χ2v) is 7.47. The molecule has 1 saturated heterocycles. The summed E-state index contributed by atoms with van der Waals surface area (Å²) in [7, 11) is 1.64. The van der Waals surface area contributed by atoms with Crippen LogP contribution < -0.4 is 9.47 Å². The molecule has 0 saturated carbocycles. The second kappa shape index (κ2) is 8.61. The van der Waals surface area contributed by atoms with Crippen LogP contribution in [-0.2, 0) is 17.8 Å². The van der Waals surface area contributed by atoms with Gasteiger partial charge in [0.2, 0.25) is 5.91 Å². The molecule has 1 amide bonds. The number of aromatic nitrogens is 1. The zero-order chi connectivity index (χ0) is 19.3. The minimum Gasteiger partial charge on any atom is -0.493 e. The SMILES string of the molecule is COc1cccc2c1OCC(C(=O)N1CCCN(Cc3ccncc3)CC1)C2. The van der Waals surface area contributed by atoms with Crippen molar-refractivity contribution >= 4 is 5.91 Å². The Labute approximate surface area is 166 Å². The Kier molecular flexibility index (Phi) is 5.76. The maximum Gasteiger partial charge on any atom is 0.229 e. The average molecular weight is 381 g/mol. The highest BCUT2D eigenvalue weighted by Gasteiger charge is 2.31. The van der Waals surface area contributed by atoms with Crippen molar-refractivity contribution in [2.24, 2.45) is 5.92 Å². The van der Waals surface area contributed by atoms with Gasteiger partial charge in [0.25, 0.3) is 0 Å². The maximum absolute atomic E-state index is 13.1. The van der Waals surface area contributed by atoms with Crippen molar-refractivity contribution in [3.05, 3.63) is 53.9 Å². The quantitative estimate of drug-likeness (QED) is 0.814. The highest BCUT2D eigenvalue weighted by molar-refractivity contribution is 5.80. The molecule has 2 aliphatic rings. The van der Waals surface area contributed by atoms with Gasteiger partial charge in [0.15, 0.2) is 11.5 Å². The van der Waals surface area contributed by atoms with Crippen molar-refractivity contribution in [2.75, 3.05) is 39.9 Å². The molecular weight excluding hydrogens is 354 g/mol. The zero-order valence-corrected chi connectivity index (χ0v) is 16.3. The molecule has 1 aromatic carbocycles. The highest BCUT2D eigenvalue weighted by Crippen LogP contribution is 2.36. The van der Waals surface area contributed by atoms with Crippen LogP contribution in [0.25, 0.3) is 0 Å². The number of hydrogen-bond acceptors (Lipinski definition) is 5. The first kappa shape index (κ1) is 18.7. The van der Waals surface area contributed by atoms with Gasteiger partial charge in [-0.1, -0.05) is 12.1 Å². The molecule has 1 aromatic heterocycles. The van der Waals surface area contributed by atoms with E-state index in [1.165, 1.54) is 5.56 Å². The molecule has 6 heteroatoms. The molecule has 0 spiro atoms. The molecule has 0 N–H and O–H groups in total. The fraction of sp³-hybridized carbons (Fsp3) is 0.455. The van der Waals surface area contributed by atoms with Gasteiger partial charge in [0, 0.05) is 45.1 Å². The van der Waals surface area contributed by atoms with Crippen molar-refractivity contribution in [1.29, 1.82) is 0 Å². The number of methoxy groups -OCH3 is 1. The van der Waals surface area contributed by atoms with E-state index >= 15 is 0 Å². The summed E-state index contributed by atoms with van der Waals surface area (Å²) in [4.78, 5) is 21.6. The molecule has 0 bridgehead atoms. The lowest BCUT2D eigenvalue weighted by molar-refractivity contribution is -0.136. The van der Waals surface area contributed by atoms with Gasteiger partial charge >= 0.3 is 0 Å². The summed E-state index contributed by atoms with van der Waals surface area (Å²) < 4.78 is 11.3. The third-order valence-electron chi connectivity index (χ3n) is 5.58. The van der Waals surface area contributed by atoms with E-state index in [1.807, 2.05) is 35.5 Å². The largest absolute Gasteiger partial charge is 0.493 e. The van der Waals surface area contributed by atoms with Gasteiger partial charge in [-0.2, -0.15) is 0 Å². The first-order chi connectivity index (χ1) is 13.7. The highest BCUT2D eigenvalue weighted by atomic mass is 16.5. The van der Waals surface area contributed by atoms with Crippen LogP contribution in [0.4, 0.5) is 0 Å². The first-order valence-electron chi connectivity index (χ1n) is 9.93. The predicted octanol–water partition coefficient (Wildman–Crippen LogP) is 2.38. The van der Waals surface area contributed by atoms with Crippen molar-refractivity contribution < 1.29 is 14.3 Å². The van der Waals surface area contributed by atoms with E-state index in [9.17, 15) is 4.79 Å². The van der Waals surface area contributed by atoms with Crippen LogP contribution in [0.5, 0.6) is 11.5 Å². The number of amides is 1. The van der Waals surface area contributed by atoms with Crippen molar-refractivity contribution in [3.63, 3.8) is 0 Å². The normalized spacial score (nSPS) is 20.0. The Balaban J connectivity index is 1.36. The standard InChI is InChI=1S/C22H27N3O3/c1-27-20-5-2-4-18-14-19(16-28-21(18)20)22(26)25-11-3-10-24(12-13-25)15-17-6-8-23-9-7-17/h2,4-9,19H,3,10-16H2,1H3. The minimum absolute atomic E-state index is 0.119. The molecule has 1 unspecified atom stereocenters. The number of carbonyl (C=O) groups excluding carboxylic acids is 1. The molecule has 6 nitrogen and oxygen atoms in total. The van der Waals surface area contributed by atoms with Crippen LogP contribution in [0, 0.1) is 5.92 Å². The number of hydrogen-bond donors (Lipinski definition) is 0. The number of nitrogens with zero attached hydrogens (tertiary/aromatic N) is 3. The summed E-state index contributed by atoms with van der Waals surface area (Å²) in [5.41, 5.74) is 2.32. The number of pyridine rings is 1. The molecule has 148 valence electrons. The molecule has 28 heavy (non-hydrogen) atoms. The second-order valence-electron chi connectivity index (χ2n) is 7.47. The first-order valence-corrected chi connectivity index (χ1v) is 9.93. The van der Waals surface area contributed by atoms with Gasteiger partial charge in [-0.3, -0.25) is 14.7 Å². The molecule has 1 atom stereocenters. The molecule has 0 aliphatic carbocycles. The minimum atomic E-state index is -0.119. The molecule has 1 fully saturated rings. The molecule has 4 rings (SSSR count). The van der Waals surface area contributed by atoms with Gasteiger partial charge in [-0.15, -0.1) is 0 Å². The van der Waals surface area contributed by atoms with Gasteiger partial charge in [0.05, 0.1) is 13.0 Å². The number of ether oxygens (including phenoxy) is 2. The number of para-hydroxylation sites is 1. The summed E-state index contributed by atoms with van der Waals surface area (Å²) >= 11 is 0. The number of rotatable bonds is 4. The summed E-state index contributed by atoms with van der Waals surface area (Å²) in [6.45, 7) is 4.81. The lowest BCUT2D eigenvalue weighted by atomic mass is 9.95. The Bertz CT molecular complexity index is 812. The molecule has 2 aliphatic heterocycles.